The van der Waals surface area contributed by atoms with Crippen LogP contribution >= 0.6 is 0 Å². The van der Waals surface area contributed by atoms with Gasteiger partial charge in [0.15, 0.2) is 0 Å². The zero-order valence-electron chi connectivity index (χ0n) is 31.9. The summed E-state index contributed by atoms with van der Waals surface area (Å²) in [5.74, 6) is 1.80. The molecule has 0 radical (unpaired) electrons. The highest BCUT2D eigenvalue weighted by molar-refractivity contribution is 6.11. The van der Waals surface area contributed by atoms with Gasteiger partial charge in [-0.3, -0.25) is 0 Å². The fraction of sp³-hybridized carbons (Fsp3) is 0.0175. The molecule has 0 spiro atoms. The number of benzene rings is 10. The third-order valence-electron chi connectivity index (χ3n) is 13.0. The Morgan fingerprint density at radius 1 is 0.322 bits per heavy atom. The van der Waals surface area contributed by atoms with Crippen molar-refractivity contribution in [2.75, 3.05) is 0 Å². The molecule has 0 bridgehead atoms. The van der Waals surface area contributed by atoms with E-state index in [2.05, 4.69) is 188 Å². The zero-order chi connectivity index (χ0) is 38.7. The third kappa shape index (κ3) is 4.51. The van der Waals surface area contributed by atoms with Crippen LogP contribution in [-0.4, -0.2) is 0 Å². The molecule has 0 saturated heterocycles. The smallest absolute Gasteiger partial charge is 0.136 e. The standard InChI is InChI=1S/C57H34O2/c1-3-14-38(15-4-1)57(39-16-5-2-6-17-39)50-32-36(41-29-30-54-56-46(41)21-12-22-47(56)44-19-8-10-24-53(44)58-54)25-27-42(50)49-31-35-13-11-20-40(48(35)34-51(49)57)37-26-28-45-43-18-7-9-23-52(43)59-55(45)33-37/h1-34H. The molecule has 0 unspecified atom stereocenters. The monoisotopic (exact) mass is 750 g/mol. The van der Waals surface area contributed by atoms with Crippen LogP contribution in [0.2, 0.25) is 0 Å². The summed E-state index contributed by atoms with van der Waals surface area (Å²) in [5.41, 5.74) is 15.8. The van der Waals surface area contributed by atoms with Crippen LogP contribution in [0, 0.1) is 0 Å². The summed E-state index contributed by atoms with van der Waals surface area (Å²) in [6.45, 7) is 0. The van der Waals surface area contributed by atoms with Gasteiger partial charge in [0.05, 0.1) is 5.41 Å². The van der Waals surface area contributed by atoms with E-state index in [4.69, 9.17) is 9.15 Å². The predicted molar refractivity (Wildman–Crippen MR) is 242 cm³/mol. The van der Waals surface area contributed by atoms with Gasteiger partial charge in [0, 0.05) is 21.7 Å². The number of hydrogen-bond acceptors (Lipinski definition) is 2. The minimum Gasteiger partial charge on any atom is -0.456 e. The van der Waals surface area contributed by atoms with E-state index >= 15 is 0 Å². The molecule has 1 aliphatic heterocycles. The Morgan fingerprint density at radius 3 is 1.81 bits per heavy atom. The van der Waals surface area contributed by atoms with Gasteiger partial charge in [-0.2, -0.15) is 0 Å². The highest BCUT2D eigenvalue weighted by Gasteiger charge is 2.46. The van der Waals surface area contributed by atoms with Crippen LogP contribution in [0.1, 0.15) is 22.3 Å². The SMILES string of the molecule is c1ccc(C2(c3ccccc3)c3cc(-c4ccc5c6c(cccc46)-c4ccccc4O5)ccc3-c3cc4cccc(-c5ccc6c(c5)oc5ccccc56)c4cc32)cc1. The van der Waals surface area contributed by atoms with Gasteiger partial charge in [-0.15, -0.1) is 0 Å². The summed E-state index contributed by atoms with van der Waals surface area (Å²) in [4.78, 5) is 0. The largest absolute Gasteiger partial charge is 0.456 e. The molecule has 1 aliphatic carbocycles. The first-order valence-electron chi connectivity index (χ1n) is 20.3. The summed E-state index contributed by atoms with van der Waals surface area (Å²) in [6, 6.07) is 75.3. The Morgan fingerprint density at radius 2 is 0.949 bits per heavy atom. The topological polar surface area (TPSA) is 22.4 Å². The molecule has 0 saturated carbocycles. The molecule has 0 N–H and O–H groups in total. The van der Waals surface area contributed by atoms with Gasteiger partial charge in [-0.05, 0) is 126 Å². The van der Waals surface area contributed by atoms with E-state index < -0.39 is 5.41 Å². The van der Waals surface area contributed by atoms with Crippen LogP contribution in [0.3, 0.4) is 0 Å². The van der Waals surface area contributed by atoms with Crippen molar-refractivity contribution in [2.45, 2.75) is 5.41 Å². The van der Waals surface area contributed by atoms with Crippen molar-refractivity contribution >= 4 is 43.5 Å². The summed E-state index contributed by atoms with van der Waals surface area (Å²) in [5, 5.41) is 7.05. The maximum Gasteiger partial charge on any atom is 0.136 e. The van der Waals surface area contributed by atoms with Gasteiger partial charge in [-0.25, -0.2) is 0 Å². The second-order valence-corrected chi connectivity index (χ2v) is 15.9. The number of rotatable bonds is 4. The molecule has 274 valence electrons. The maximum atomic E-state index is 6.51. The predicted octanol–water partition coefficient (Wildman–Crippen LogP) is 15.4. The van der Waals surface area contributed by atoms with Gasteiger partial charge in [0.2, 0.25) is 0 Å². The molecule has 0 atom stereocenters. The van der Waals surface area contributed by atoms with E-state index in [1.807, 2.05) is 18.2 Å². The van der Waals surface area contributed by atoms with Crippen LogP contribution in [0.4, 0.5) is 0 Å². The first kappa shape index (κ1) is 32.4. The van der Waals surface area contributed by atoms with E-state index in [0.29, 0.717) is 0 Å². The number of fused-ring (bicyclic) bond motifs is 9. The minimum atomic E-state index is -0.582. The lowest BCUT2D eigenvalue weighted by atomic mass is 9.67. The first-order valence-corrected chi connectivity index (χ1v) is 20.3. The van der Waals surface area contributed by atoms with E-state index in [-0.39, 0.29) is 0 Å². The molecule has 59 heavy (non-hydrogen) atoms. The molecular weight excluding hydrogens is 717 g/mol. The Bertz CT molecular complexity index is 3480. The molecule has 2 heterocycles. The van der Waals surface area contributed by atoms with Crippen molar-refractivity contribution in [3.8, 4) is 56.0 Å². The van der Waals surface area contributed by atoms with Crippen LogP contribution in [0.5, 0.6) is 11.5 Å². The normalized spacial score (nSPS) is 13.4. The van der Waals surface area contributed by atoms with E-state index in [0.717, 1.165) is 50.0 Å². The molecule has 0 amide bonds. The van der Waals surface area contributed by atoms with Gasteiger partial charge >= 0.3 is 0 Å². The highest BCUT2D eigenvalue weighted by atomic mass is 16.5. The van der Waals surface area contributed by atoms with Crippen LogP contribution < -0.4 is 4.74 Å². The fourth-order valence-electron chi connectivity index (χ4n) is 10.4. The lowest BCUT2D eigenvalue weighted by Gasteiger charge is -2.34. The first-order chi connectivity index (χ1) is 29.2. The second kappa shape index (κ2) is 12.2. The number of para-hydroxylation sites is 2. The van der Waals surface area contributed by atoms with Crippen molar-refractivity contribution in [1.82, 2.24) is 0 Å². The van der Waals surface area contributed by atoms with Gasteiger partial charge in [0.1, 0.15) is 22.7 Å². The average molecular weight is 751 g/mol. The Hall–Kier alpha value is -7.68. The molecule has 13 rings (SSSR count). The van der Waals surface area contributed by atoms with Crippen molar-refractivity contribution in [3.63, 3.8) is 0 Å². The third-order valence-corrected chi connectivity index (χ3v) is 13.0. The van der Waals surface area contributed by atoms with Gasteiger partial charge in [-0.1, -0.05) is 158 Å². The van der Waals surface area contributed by atoms with Crippen molar-refractivity contribution in [2.24, 2.45) is 0 Å². The molecular formula is C57H34O2. The van der Waals surface area contributed by atoms with E-state index in [9.17, 15) is 0 Å². The van der Waals surface area contributed by atoms with Crippen LogP contribution in [-0.2, 0) is 5.41 Å². The summed E-state index contributed by atoms with van der Waals surface area (Å²) >= 11 is 0. The quantitative estimate of drug-likeness (QED) is 0.179. The van der Waals surface area contributed by atoms with Crippen molar-refractivity contribution in [1.29, 1.82) is 0 Å². The molecule has 2 nitrogen and oxygen atoms in total. The second-order valence-electron chi connectivity index (χ2n) is 15.9. The maximum absolute atomic E-state index is 6.51. The van der Waals surface area contributed by atoms with Gasteiger partial charge in [0.25, 0.3) is 0 Å². The molecule has 1 aromatic heterocycles. The molecule has 2 aliphatic rings. The molecule has 2 heteroatoms. The number of furan rings is 1. The lowest BCUT2D eigenvalue weighted by Crippen LogP contribution is -2.28. The Labute approximate surface area is 341 Å². The van der Waals surface area contributed by atoms with Crippen LogP contribution in [0.25, 0.3) is 88.0 Å². The van der Waals surface area contributed by atoms with Crippen LogP contribution in [0.15, 0.2) is 211 Å². The van der Waals surface area contributed by atoms with Crippen molar-refractivity contribution < 1.29 is 9.15 Å². The van der Waals surface area contributed by atoms with Crippen molar-refractivity contribution in [3.05, 3.63) is 229 Å². The highest BCUT2D eigenvalue weighted by Crippen LogP contribution is 2.58. The minimum absolute atomic E-state index is 0.582. The molecule has 10 aromatic carbocycles. The van der Waals surface area contributed by atoms with Gasteiger partial charge < -0.3 is 9.15 Å². The summed E-state index contributed by atoms with van der Waals surface area (Å²) < 4.78 is 12.9. The Balaban J connectivity index is 1.07. The average Bonchev–Trinajstić information content (AvgIpc) is 3.81. The number of ether oxygens (including phenoxy) is 1. The summed E-state index contributed by atoms with van der Waals surface area (Å²) in [7, 11) is 0. The Kier molecular flexibility index (Phi) is 6.68. The zero-order valence-corrected chi connectivity index (χ0v) is 31.9. The van der Waals surface area contributed by atoms with E-state index in [1.165, 1.54) is 71.8 Å². The summed E-state index contributed by atoms with van der Waals surface area (Å²) in [6.07, 6.45) is 0. The molecule has 11 aromatic rings. The lowest BCUT2D eigenvalue weighted by molar-refractivity contribution is 0.487. The number of hydrogen-bond donors (Lipinski definition) is 0. The fourth-order valence-corrected chi connectivity index (χ4v) is 10.4. The molecule has 0 fully saturated rings. The van der Waals surface area contributed by atoms with E-state index in [1.54, 1.807) is 0 Å².